The van der Waals surface area contributed by atoms with Crippen LogP contribution in [0.5, 0.6) is 0 Å². The van der Waals surface area contributed by atoms with E-state index < -0.39 is 5.97 Å². The lowest BCUT2D eigenvalue weighted by Crippen LogP contribution is -2.24. The first-order valence-electron chi connectivity index (χ1n) is 5.09. The summed E-state index contributed by atoms with van der Waals surface area (Å²) in [7, 11) is 1.76. The molecule has 0 aromatic heterocycles. The van der Waals surface area contributed by atoms with E-state index in [4.69, 9.17) is 5.11 Å². The van der Waals surface area contributed by atoms with Crippen molar-refractivity contribution in [2.75, 3.05) is 18.5 Å². The van der Waals surface area contributed by atoms with Gasteiger partial charge in [0.2, 0.25) is 0 Å². The number of aliphatic carboxylic acids is 1. The lowest BCUT2D eigenvalue weighted by molar-refractivity contribution is -0.135. The Morgan fingerprint density at radius 2 is 1.73 bits per heavy atom. The maximum Gasteiger partial charge on any atom is 0.323 e. The molecule has 0 aliphatic rings. The van der Waals surface area contributed by atoms with Crippen molar-refractivity contribution in [3.05, 3.63) is 29.8 Å². The molecule has 0 spiro atoms. The Hall–Kier alpha value is -1.51. The minimum atomic E-state index is -0.817. The molecule has 0 bridgehead atoms. The predicted octanol–water partition coefficient (Wildman–Crippen LogP) is 2.54. The zero-order chi connectivity index (χ0) is 11.8. The number of hydrogen-bond donors (Lipinski definition) is 1. The van der Waals surface area contributed by atoms with Crippen LogP contribution in [0, 0.1) is 6.92 Å². The van der Waals surface area contributed by atoms with Gasteiger partial charge < -0.3 is 10.0 Å². The van der Waals surface area contributed by atoms with E-state index in [-0.39, 0.29) is 6.54 Å². The van der Waals surface area contributed by atoms with Gasteiger partial charge in [-0.3, -0.25) is 4.79 Å². The van der Waals surface area contributed by atoms with E-state index >= 15 is 0 Å². The summed E-state index contributed by atoms with van der Waals surface area (Å²) >= 11 is 0. The fraction of sp³-hybridized carbons (Fsp3) is 0.417. The van der Waals surface area contributed by atoms with Gasteiger partial charge in [-0.05, 0) is 19.1 Å². The smallest absolute Gasteiger partial charge is 0.323 e. The maximum atomic E-state index is 10.4. The molecule has 3 nitrogen and oxygen atoms in total. The quantitative estimate of drug-likeness (QED) is 0.831. The fourth-order valence-corrected chi connectivity index (χ4v) is 1.09. The topological polar surface area (TPSA) is 40.5 Å². The Balaban J connectivity index is 0.000000921. The minimum absolute atomic E-state index is 0.0308. The molecule has 0 aliphatic carbocycles. The number of carboxylic acids is 1. The summed E-state index contributed by atoms with van der Waals surface area (Å²) in [6, 6.07) is 7.76. The third kappa shape index (κ3) is 5.05. The van der Waals surface area contributed by atoms with Crippen LogP contribution in [0.3, 0.4) is 0 Å². The van der Waals surface area contributed by atoms with Crippen LogP contribution in [0.15, 0.2) is 24.3 Å². The van der Waals surface area contributed by atoms with Crippen molar-refractivity contribution in [2.45, 2.75) is 20.8 Å². The number of carbonyl (C=O) groups is 1. The molecular weight excluding hydrogens is 190 g/mol. The number of hydrogen-bond acceptors (Lipinski definition) is 2. The van der Waals surface area contributed by atoms with Crippen LogP contribution in [0.2, 0.25) is 0 Å². The standard InChI is InChI=1S/C10H13NO2.C2H6/c1-8-3-5-9(6-4-8)11(2)7-10(12)13;1-2/h3-6H,7H2,1-2H3,(H,12,13);1-2H3. The van der Waals surface area contributed by atoms with Crippen molar-refractivity contribution in [1.29, 1.82) is 0 Å². The summed E-state index contributed by atoms with van der Waals surface area (Å²) in [6.45, 7) is 6.03. The van der Waals surface area contributed by atoms with Gasteiger partial charge in [-0.1, -0.05) is 31.5 Å². The van der Waals surface area contributed by atoms with Crippen molar-refractivity contribution < 1.29 is 9.90 Å². The van der Waals surface area contributed by atoms with Crippen LogP contribution in [-0.2, 0) is 4.79 Å². The maximum absolute atomic E-state index is 10.4. The molecule has 0 aliphatic heterocycles. The number of rotatable bonds is 3. The van der Waals surface area contributed by atoms with Gasteiger partial charge in [0.1, 0.15) is 6.54 Å². The Morgan fingerprint density at radius 1 is 1.27 bits per heavy atom. The largest absolute Gasteiger partial charge is 0.480 e. The summed E-state index contributed by atoms with van der Waals surface area (Å²) in [5.74, 6) is -0.817. The van der Waals surface area contributed by atoms with E-state index in [1.165, 1.54) is 5.56 Å². The fourth-order valence-electron chi connectivity index (χ4n) is 1.09. The van der Waals surface area contributed by atoms with Crippen LogP contribution in [-0.4, -0.2) is 24.7 Å². The van der Waals surface area contributed by atoms with E-state index in [0.717, 1.165) is 5.69 Å². The Morgan fingerprint density at radius 3 is 2.13 bits per heavy atom. The molecule has 84 valence electrons. The summed E-state index contributed by atoms with van der Waals surface area (Å²) in [5.41, 5.74) is 2.10. The van der Waals surface area contributed by atoms with Crippen LogP contribution >= 0.6 is 0 Å². The van der Waals surface area contributed by atoms with Gasteiger partial charge in [-0.25, -0.2) is 0 Å². The summed E-state index contributed by atoms with van der Waals surface area (Å²) < 4.78 is 0. The number of aryl methyl sites for hydroxylation is 1. The zero-order valence-electron chi connectivity index (χ0n) is 9.82. The van der Waals surface area contributed by atoms with Crippen molar-refractivity contribution in [3.63, 3.8) is 0 Å². The molecular formula is C12H19NO2. The van der Waals surface area contributed by atoms with E-state index in [0.29, 0.717) is 0 Å². The highest BCUT2D eigenvalue weighted by Crippen LogP contribution is 2.12. The third-order valence-electron chi connectivity index (χ3n) is 1.85. The second-order valence-electron chi connectivity index (χ2n) is 3.09. The number of likely N-dealkylation sites (N-methyl/N-ethyl adjacent to an activating group) is 1. The first-order chi connectivity index (χ1) is 7.09. The molecule has 1 aromatic carbocycles. The van der Waals surface area contributed by atoms with E-state index in [9.17, 15) is 4.79 Å². The molecule has 0 radical (unpaired) electrons. The monoisotopic (exact) mass is 209 g/mol. The summed E-state index contributed by atoms with van der Waals surface area (Å²) in [5, 5.41) is 8.56. The van der Waals surface area contributed by atoms with Gasteiger partial charge in [0.25, 0.3) is 0 Å². The van der Waals surface area contributed by atoms with E-state index in [1.807, 2.05) is 45.0 Å². The number of nitrogens with zero attached hydrogens (tertiary/aromatic N) is 1. The highest BCUT2D eigenvalue weighted by molar-refractivity contribution is 5.73. The van der Waals surface area contributed by atoms with Crippen molar-refractivity contribution in [1.82, 2.24) is 0 Å². The van der Waals surface area contributed by atoms with Crippen molar-refractivity contribution >= 4 is 11.7 Å². The number of anilines is 1. The zero-order valence-corrected chi connectivity index (χ0v) is 9.82. The Labute approximate surface area is 91.3 Å². The molecule has 1 aromatic rings. The second-order valence-corrected chi connectivity index (χ2v) is 3.09. The number of carboxylic acid groups (broad SMARTS) is 1. The summed E-state index contributed by atoms with van der Waals surface area (Å²) in [6.07, 6.45) is 0. The third-order valence-corrected chi connectivity index (χ3v) is 1.85. The van der Waals surface area contributed by atoms with Crippen LogP contribution in [0.25, 0.3) is 0 Å². The molecule has 0 unspecified atom stereocenters. The molecule has 0 atom stereocenters. The molecule has 0 heterocycles. The highest BCUT2D eigenvalue weighted by atomic mass is 16.4. The molecule has 3 heteroatoms. The second kappa shape index (κ2) is 6.87. The van der Waals surface area contributed by atoms with Gasteiger partial charge in [0.05, 0.1) is 0 Å². The Kier molecular flexibility index (Phi) is 6.18. The minimum Gasteiger partial charge on any atom is -0.480 e. The first-order valence-corrected chi connectivity index (χ1v) is 5.09. The van der Waals surface area contributed by atoms with Gasteiger partial charge in [0, 0.05) is 12.7 Å². The van der Waals surface area contributed by atoms with Crippen molar-refractivity contribution in [3.8, 4) is 0 Å². The highest BCUT2D eigenvalue weighted by Gasteiger charge is 2.04. The lowest BCUT2D eigenvalue weighted by atomic mass is 10.2. The lowest BCUT2D eigenvalue weighted by Gasteiger charge is -2.16. The predicted molar refractivity (Wildman–Crippen MR) is 63.4 cm³/mol. The van der Waals surface area contributed by atoms with Crippen LogP contribution in [0.1, 0.15) is 19.4 Å². The van der Waals surface area contributed by atoms with E-state index in [2.05, 4.69) is 0 Å². The average Bonchev–Trinajstić information content (AvgIpc) is 2.20. The Bertz CT molecular complexity index is 293. The van der Waals surface area contributed by atoms with Gasteiger partial charge in [-0.2, -0.15) is 0 Å². The molecule has 1 rings (SSSR count). The SMILES string of the molecule is CC.Cc1ccc(N(C)CC(=O)O)cc1. The van der Waals surface area contributed by atoms with E-state index in [1.54, 1.807) is 11.9 Å². The molecule has 0 saturated heterocycles. The molecule has 0 saturated carbocycles. The molecule has 1 N–H and O–H groups in total. The van der Waals surface area contributed by atoms with Crippen LogP contribution in [0.4, 0.5) is 5.69 Å². The van der Waals surface area contributed by atoms with Gasteiger partial charge in [0.15, 0.2) is 0 Å². The number of benzene rings is 1. The molecule has 0 fully saturated rings. The average molecular weight is 209 g/mol. The van der Waals surface area contributed by atoms with Crippen LogP contribution < -0.4 is 4.90 Å². The van der Waals surface area contributed by atoms with Gasteiger partial charge in [-0.15, -0.1) is 0 Å². The molecule has 15 heavy (non-hydrogen) atoms. The summed E-state index contributed by atoms with van der Waals surface area (Å²) in [4.78, 5) is 12.1. The molecule has 0 amide bonds. The normalized spacial score (nSPS) is 8.80. The van der Waals surface area contributed by atoms with Gasteiger partial charge >= 0.3 is 5.97 Å². The first kappa shape index (κ1) is 13.5. The van der Waals surface area contributed by atoms with Crippen molar-refractivity contribution in [2.24, 2.45) is 0 Å².